The highest BCUT2D eigenvalue weighted by molar-refractivity contribution is 5.79. The van der Waals surface area contributed by atoms with E-state index in [9.17, 15) is 4.79 Å². The molecule has 0 aromatic carbocycles. The van der Waals surface area contributed by atoms with Gasteiger partial charge in [-0.3, -0.25) is 9.78 Å². The first-order valence-electron chi connectivity index (χ1n) is 9.69. The highest BCUT2D eigenvalue weighted by Crippen LogP contribution is 2.40. The average molecular weight is 343 g/mol. The van der Waals surface area contributed by atoms with Crippen molar-refractivity contribution < 1.29 is 9.53 Å². The third kappa shape index (κ3) is 4.04. The molecule has 1 aromatic heterocycles. The van der Waals surface area contributed by atoms with Crippen LogP contribution in [0.15, 0.2) is 24.5 Å². The molecule has 3 aliphatic heterocycles. The summed E-state index contributed by atoms with van der Waals surface area (Å²) in [5, 5.41) is 0. The van der Waals surface area contributed by atoms with Crippen LogP contribution >= 0.6 is 0 Å². The van der Waals surface area contributed by atoms with E-state index in [2.05, 4.69) is 14.8 Å². The predicted octanol–water partition coefficient (Wildman–Crippen LogP) is 1.98. The Balaban J connectivity index is 1.26. The van der Waals surface area contributed by atoms with E-state index in [0.29, 0.717) is 11.8 Å². The van der Waals surface area contributed by atoms with Crippen molar-refractivity contribution in [3.63, 3.8) is 0 Å². The largest absolute Gasteiger partial charge is 0.381 e. The fourth-order valence-corrected chi connectivity index (χ4v) is 4.65. The van der Waals surface area contributed by atoms with Crippen LogP contribution in [-0.4, -0.2) is 66.6 Å². The smallest absolute Gasteiger partial charge is 0.227 e. The van der Waals surface area contributed by atoms with Crippen LogP contribution in [0, 0.1) is 11.3 Å². The van der Waals surface area contributed by atoms with Crippen molar-refractivity contribution in [2.24, 2.45) is 11.3 Å². The van der Waals surface area contributed by atoms with Crippen LogP contribution in [0.2, 0.25) is 0 Å². The Bertz CT molecular complexity index is 578. The molecule has 136 valence electrons. The molecule has 1 unspecified atom stereocenters. The van der Waals surface area contributed by atoms with Crippen molar-refractivity contribution in [3.05, 3.63) is 30.1 Å². The zero-order chi connectivity index (χ0) is 17.1. The van der Waals surface area contributed by atoms with Gasteiger partial charge in [0.2, 0.25) is 5.91 Å². The maximum atomic E-state index is 12.6. The molecule has 5 nitrogen and oxygen atoms in total. The average Bonchev–Trinajstić information content (AvgIpc) is 3.29. The van der Waals surface area contributed by atoms with Gasteiger partial charge in [0, 0.05) is 38.6 Å². The van der Waals surface area contributed by atoms with E-state index in [-0.39, 0.29) is 5.91 Å². The van der Waals surface area contributed by atoms with E-state index >= 15 is 0 Å². The zero-order valence-corrected chi connectivity index (χ0v) is 15.0. The standard InChI is InChI=1S/C20H29N3O2/c24-19(12-17-2-1-7-21-13-17)23-10-6-20(16-23)4-8-22(9-5-20)14-18-3-11-25-15-18/h1-2,7,13,18H,3-6,8-12,14-16H2. The van der Waals surface area contributed by atoms with Gasteiger partial charge in [0.25, 0.3) is 0 Å². The molecule has 1 spiro atoms. The SMILES string of the molecule is O=C(Cc1cccnc1)N1CCC2(CCN(CC3CCOC3)CC2)C1. The van der Waals surface area contributed by atoms with Crippen molar-refractivity contribution in [3.8, 4) is 0 Å². The molecule has 4 rings (SSSR count). The van der Waals surface area contributed by atoms with Gasteiger partial charge in [-0.1, -0.05) is 6.07 Å². The van der Waals surface area contributed by atoms with E-state index < -0.39 is 0 Å². The quantitative estimate of drug-likeness (QED) is 0.839. The van der Waals surface area contributed by atoms with Crippen molar-refractivity contribution in [2.75, 3.05) is 45.9 Å². The summed E-state index contributed by atoms with van der Waals surface area (Å²) in [5.41, 5.74) is 1.38. The van der Waals surface area contributed by atoms with Crippen LogP contribution in [0.3, 0.4) is 0 Å². The summed E-state index contributed by atoms with van der Waals surface area (Å²) >= 11 is 0. The van der Waals surface area contributed by atoms with Crippen LogP contribution in [0.5, 0.6) is 0 Å². The van der Waals surface area contributed by atoms with Crippen LogP contribution < -0.4 is 0 Å². The number of carbonyl (C=O) groups is 1. The third-order valence-corrected chi connectivity index (χ3v) is 6.33. The molecule has 3 fully saturated rings. The molecule has 0 bridgehead atoms. The minimum atomic E-state index is 0.260. The summed E-state index contributed by atoms with van der Waals surface area (Å²) < 4.78 is 5.51. The molecule has 1 aromatic rings. The molecule has 0 N–H and O–H groups in total. The Morgan fingerprint density at radius 2 is 2.12 bits per heavy atom. The third-order valence-electron chi connectivity index (χ3n) is 6.33. The van der Waals surface area contributed by atoms with Crippen LogP contribution in [0.4, 0.5) is 0 Å². The first-order valence-corrected chi connectivity index (χ1v) is 9.69. The van der Waals surface area contributed by atoms with E-state index in [1.165, 1.54) is 45.3 Å². The van der Waals surface area contributed by atoms with E-state index in [0.717, 1.165) is 37.8 Å². The minimum absolute atomic E-state index is 0.260. The summed E-state index contributed by atoms with van der Waals surface area (Å²) in [6, 6.07) is 3.89. The second-order valence-corrected chi connectivity index (χ2v) is 8.13. The molecule has 3 saturated heterocycles. The summed E-state index contributed by atoms with van der Waals surface area (Å²) in [7, 11) is 0. The number of likely N-dealkylation sites (tertiary alicyclic amines) is 2. The van der Waals surface area contributed by atoms with Gasteiger partial charge in [0.1, 0.15) is 0 Å². The van der Waals surface area contributed by atoms with Gasteiger partial charge >= 0.3 is 0 Å². The molecular formula is C20H29N3O2. The monoisotopic (exact) mass is 343 g/mol. The number of pyridine rings is 1. The van der Waals surface area contributed by atoms with Crippen LogP contribution in [0.25, 0.3) is 0 Å². The Morgan fingerprint density at radius 1 is 1.28 bits per heavy atom. The fourth-order valence-electron chi connectivity index (χ4n) is 4.65. The first-order chi connectivity index (χ1) is 12.2. The van der Waals surface area contributed by atoms with Gasteiger partial charge in [-0.15, -0.1) is 0 Å². The van der Waals surface area contributed by atoms with E-state index in [1.54, 1.807) is 12.4 Å². The van der Waals surface area contributed by atoms with Gasteiger partial charge < -0.3 is 14.5 Å². The number of carbonyl (C=O) groups excluding carboxylic acids is 1. The maximum absolute atomic E-state index is 12.6. The molecule has 0 radical (unpaired) electrons. The lowest BCUT2D eigenvalue weighted by atomic mass is 9.77. The number of piperidine rings is 1. The second-order valence-electron chi connectivity index (χ2n) is 8.13. The minimum Gasteiger partial charge on any atom is -0.381 e. The molecule has 0 saturated carbocycles. The topological polar surface area (TPSA) is 45.7 Å². The molecule has 4 heterocycles. The molecule has 0 aliphatic carbocycles. The van der Waals surface area contributed by atoms with Gasteiger partial charge in [-0.2, -0.15) is 0 Å². The molecular weight excluding hydrogens is 314 g/mol. The Kier molecular flexibility index (Phi) is 5.04. The number of hydrogen-bond acceptors (Lipinski definition) is 4. The Hall–Kier alpha value is -1.46. The number of amides is 1. The van der Waals surface area contributed by atoms with E-state index in [4.69, 9.17) is 4.74 Å². The lowest BCUT2D eigenvalue weighted by Gasteiger charge is -2.40. The van der Waals surface area contributed by atoms with Crippen LogP contribution in [-0.2, 0) is 16.0 Å². The number of rotatable bonds is 4. The molecule has 1 amide bonds. The molecule has 1 atom stereocenters. The van der Waals surface area contributed by atoms with Crippen molar-refractivity contribution in [1.29, 1.82) is 0 Å². The number of ether oxygens (including phenoxy) is 1. The Labute approximate surface area is 150 Å². The van der Waals surface area contributed by atoms with Crippen molar-refractivity contribution in [2.45, 2.75) is 32.1 Å². The molecule has 25 heavy (non-hydrogen) atoms. The first kappa shape index (κ1) is 17.0. The lowest BCUT2D eigenvalue weighted by molar-refractivity contribution is -0.130. The Morgan fingerprint density at radius 3 is 2.84 bits per heavy atom. The van der Waals surface area contributed by atoms with Crippen molar-refractivity contribution in [1.82, 2.24) is 14.8 Å². The highest BCUT2D eigenvalue weighted by Gasteiger charge is 2.42. The molecule has 5 heteroatoms. The maximum Gasteiger partial charge on any atom is 0.227 e. The number of hydrogen-bond donors (Lipinski definition) is 0. The zero-order valence-electron chi connectivity index (χ0n) is 15.0. The summed E-state index contributed by atoms with van der Waals surface area (Å²) in [6.45, 7) is 7.32. The molecule has 3 aliphatic rings. The number of nitrogens with zero attached hydrogens (tertiary/aromatic N) is 3. The van der Waals surface area contributed by atoms with Gasteiger partial charge in [-0.05, 0) is 61.7 Å². The van der Waals surface area contributed by atoms with Gasteiger partial charge in [0.05, 0.1) is 13.0 Å². The summed E-state index contributed by atoms with van der Waals surface area (Å²) in [6.07, 6.45) is 8.90. The van der Waals surface area contributed by atoms with Gasteiger partial charge in [-0.25, -0.2) is 0 Å². The van der Waals surface area contributed by atoms with Gasteiger partial charge in [0.15, 0.2) is 0 Å². The fraction of sp³-hybridized carbons (Fsp3) is 0.700. The van der Waals surface area contributed by atoms with Crippen LogP contribution in [0.1, 0.15) is 31.2 Å². The lowest BCUT2D eigenvalue weighted by Crippen LogP contribution is -2.44. The highest BCUT2D eigenvalue weighted by atomic mass is 16.5. The normalized spacial score (nSPS) is 26.4. The summed E-state index contributed by atoms with van der Waals surface area (Å²) in [5.74, 6) is 0.991. The number of aromatic nitrogens is 1. The second kappa shape index (κ2) is 7.42. The summed E-state index contributed by atoms with van der Waals surface area (Å²) in [4.78, 5) is 21.4. The van der Waals surface area contributed by atoms with Crippen molar-refractivity contribution >= 4 is 5.91 Å². The predicted molar refractivity (Wildman–Crippen MR) is 96.2 cm³/mol. The van der Waals surface area contributed by atoms with E-state index in [1.807, 2.05) is 12.1 Å².